The molecule has 0 unspecified atom stereocenters. The maximum absolute atomic E-state index is 12.6. The molecule has 0 aliphatic heterocycles. The molecule has 6 nitrogen and oxygen atoms in total. The number of amides is 1. The van der Waals surface area contributed by atoms with Gasteiger partial charge in [0.05, 0.1) is 6.20 Å². The summed E-state index contributed by atoms with van der Waals surface area (Å²) in [5.41, 5.74) is 9.52. The molecule has 0 spiro atoms. The number of hydrogen-bond acceptors (Lipinski definition) is 5. The number of carbonyl (C=O) groups excluding carboxylic acids is 1. The molecule has 0 saturated heterocycles. The van der Waals surface area contributed by atoms with E-state index in [1.807, 2.05) is 13.8 Å². The van der Waals surface area contributed by atoms with Crippen LogP contribution in [0.1, 0.15) is 65.7 Å². The van der Waals surface area contributed by atoms with Gasteiger partial charge in [-0.1, -0.05) is 41.5 Å². The second-order valence-electron chi connectivity index (χ2n) is 8.28. The number of nitrogens with two attached hydrogens (primary N) is 1. The molecule has 0 radical (unpaired) electrons. The number of nitrogen functional groups attached to an aromatic ring is 1. The largest absolute Gasteiger partial charge is 0.444 e. The fourth-order valence-electron chi connectivity index (χ4n) is 4.40. The predicted molar refractivity (Wildman–Crippen MR) is 110 cm³/mol. The summed E-state index contributed by atoms with van der Waals surface area (Å²) in [6.45, 7) is 17.3. The highest BCUT2D eigenvalue weighted by molar-refractivity contribution is 6.93. The van der Waals surface area contributed by atoms with E-state index in [2.05, 4.69) is 51.8 Å². The van der Waals surface area contributed by atoms with Gasteiger partial charge in [0.25, 0.3) is 5.91 Å². The lowest BCUT2D eigenvalue weighted by Crippen LogP contribution is -2.56. The zero-order valence-electron chi connectivity index (χ0n) is 17.2. The standard InChI is InChI=1S/C19H32N4O2Si/c1-10(2)22-18(24)15-16-14(9-21-17(15)20)25-19(23-16)26(11(3)4,12(5)6)13(7)8/h9-13H,1-8H3,(H2,20,21)(H,22,24). The van der Waals surface area contributed by atoms with Crippen molar-refractivity contribution < 1.29 is 9.21 Å². The second-order valence-corrected chi connectivity index (χ2v) is 14.0. The topological polar surface area (TPSA) is 94.0 Å². The van der Waals surface area contributed by atoms with Crippen molar-refractivity contribution in [1.82, 2.24) is 15.3 Å². The molecule has 26 heavy (non-hydrogen) atoms. The number of rotatable bonds is 6. The molecule has 3 N–H and O–H groups in total. The van der Waals surface area contributed by atoms with E-state index in [1.54, 1.807) is 6.20 Å². The van der Waals surface area contributed by atoms with E-state index in [-0.39, 0.29) is 17.8 Å². The molecule has 0 aliphatic rings. The van der Waals surface area contributed by atoms with E-state index in [9.17, 15) is 4.79 Å². The van der Waals surface area contributed by atoms with Gasteiger partial charge in [-0.15, -0.1) is 0 Å². The highest BCUT2D eigenvalue weighted by Crippen LogP contribution is 2.41. The maximum atomic E-state index is 12.6. The summed E-state index contributed by atoms with van der Waals surface area (Å²) in [6, 6.07) is -0.000940. The van der Waals surface area contributed by atoms with Crippen molar-refractivity contribution in [3.05, 3.63) is 11.8 Å². The average Bonchev–Trinajstić information content (AvgIpc) is 2.89. The summed E-state index contributed by atoms with van der Waals surface area (Å²) in [5.74, 6) is -0.0808. The molecule has 1 amide bonds. The lowest BCUT2D eigenvalue weighted by molar-refractivity contribution is 0.0945. The lowest BCUT2D eigenvalue weighted by atomic mass is 10.2. The Morgan fingerprint density at radius 1 is 1.08 bits per heavy atom. The molecule has 0 saturated carbocycles. The number of oxazole rings is 1. The van der Waals surface area contributed by atoms with Gasteiger partial charge in [-0.25, -0.2) is 9.97 Å². The molecule has 2 rings (SSSR count). The minimum atomic E-state index is -2.07. The Bertz CT molecular complexity index is 774. The van der Waals surface area contributed by atoms with Crippen molar-refractivity contribution in [3.8, 4) is 0 Å². The van der Waals surface area contributed by atoms with Crippen LogP contribution in [-0.2, 0) is 0 Å². The van der Waals surface area contributed by atoms with E-state index < -0.39 is 8.07 Å². The Labute approximate surface area is 157 Å². The molecule has 2 heterocycles. The first-order valence-corrected chi connectivity index (χ1v) is 11.6. The third-order valence-electron chi connectivity index (χ3n) is 5.35. The summed E-state index contributed by atoms with van der Waals surface area (Å²) < 4.78 is 6.22. The van der Waals surface area contributed by atoms with Gasteiger partial charge in [0.2, 0.25) is 0 Å². The summed E-state index contributed by atoms with van der Waals surface area (Å²) in [7, 11) is -2.07. The molecule has 0 fully saturated rings. The first kappa shape index (κ1) is 20.4. The van der Waals surface area contributed by atoms with Crippen LogP contribution in [0.15, 0.2) is 10.6 Å². The van der Waals surface area contributed by atoms with E-state index >= 15 is 0 Å². The van der Waals surface area contributed by atoms with Gasteiger partial charge >= 0.3 is 0 Å². The fourth-order valence-corrected chi connectivity index (χ4v) is 10.5. The van der Waals surface area contributed by atoms with Crippen LogP contribution in [0.3, 0.4) is 0 Å². The number of pyridine rings is 1. The molecule has 0 atom stereocenters. The minimum absolute atomic E-state index is 0.000940. The molecule has 7 heteroatoms. The van der Waals surface area contributed by atoms with Crippen LogP contribution in [0.4, 0.5) is 5.82 Å². The molecule has 144 valence electrons. The van der Waals surface area contributed by atoms with Gasteiger partial charge in [0, 0.05) is 6.04 Å². The smallest absolute Gasteiger partial charge is 0.257 e. The van der Waals surface area contributed by atoms with Crippen LogP contribution >= 0.6 is 0 Å². The van der Waals surface area contributed by atoms with Crippen molar-refractivity contribution in [1.29, 1.82) is 0 Å². The fraction of sp³-hybridized carbons (Fsp3) is 0.632. The Morgan fingerprint density at radius 3 is 2.08 bits per heavy atom. The first-order valence-electron chi connectivity index (χ1n) is 9.39. The molecule has 2 aromatic rings. The summed E-state index contributed by atoms with van der Waals surface area (Å²) in [5, 5.41) is 2.88. The maximum Gasteiger partial charge on any atom is 0.257 e. The number of hydrogen-bond donors (Lipinski definition) is 2. The minimum Gasteiger partial charge on any atom is -0.444 e. The third kappa shape index (κ3) is 3.24. The summed E-state index contributed by atoms with van der Waals surface area (Å²) in [4.78, 5) is 21.7. The number of aromatic nitrogens is 2. The number of nitrogens with zero attached hydrogens (tertiary/aromatic N) is 2. The first-order chi connectivity index (χ1) is 12.0. The molecule has 0 aliphatic carbocycles. The van der Waals surface area contributed by atoms with Gasteiger partial charge in [-0.3, -0.25) is 4.79 Å². The lowest BCUT2D eigenvalue weighted by Gasteiger charge is -2.39. The number of nitrogens with one attached hydrogen (secondary N) is 1. The SMILES string of the molecule is CC(C)NC(=O)c1c(N)ncc2oc([Si](C(C)C)(C(C)C)C(C)C)nc12. The van der Waals surface area contributed by atoms with Crippen LogP contribution in [-0.4, -0.2) is 30.0 Å². The molecule has 0 aromatic carbocycles. The van der Waals surface area contributed by atoms with Gasteiger partial charge in [0.15, 0.2) is 19.2 Å². The highest BCUT2D eigenvalue weighted by atomic mass is 28.3. The van der Waals surface area contributed by atoms with Crippen LogP contribution < -0.4 is 16.6 Å². The summed E-state index contributed by atoms with van der Waals surface area (Å²) >= 11 is 0. The molecular formula is C19H32N4O2Si. The Hall–Kier alpha value is -1.89. The van der Waals surface area contributed by atoms with Crippen molar-refractivity contribution in [2.75, 3.05) is 5.73 Å². The van der Waals surface area contributed by atoms with Gasteiger partial charge in [-0.05, 0) is 30.5 Å². The highest BCUT2D eigenvalue weighted by Gasteiger charge is 2.49. The quantitative estimate of drug-likeness (QED) is 0.747. The van der Waals surface area contributed by atoms with Crippen molar-refractivity contribution >= 4 is 36.4 Å². The van der Waals surface area contributed by atoms with Crippen LogP contribution in [0.2, 0.25) is 16.6 Å². The summed E-state index contributed by atoms with van der Waals surface area (Å²) in [6.07, 6.45) is 1.58. The Morgan fingerprint density at radius 2 is 1.62 bits per heavy atom. The van der Waals surface area contributed by atoms with E-state index in [4.69, 9.17) is 15.1 Å². The number of anilines is 1. The zero-order chi connectivity index (χ0) is 19.8. The van der Waals surface area contributed by atoms with Gasteiger partial charge in [-0.2, -0.15) is 0 Å². The Kier molecular flexibility index (Phi) is 5.80. The third-order valence-corrected chi connectivity index (χ3v) is 12.0. The van der Waals surface area contributed by atoms with Crippen LogP contribution in [0.5, 0.6) is 0 Å². The Balaban J connectivity index is 2.74. The normalized spacial score (nSPS) is 12.8. The van der Waals surface area contributed by atoms with E-state index in [0.29, 0.717) is 33.3 Å². The van der Waals surface area contributed by atoms with Gasteiger partial charge < -0.3 is 15.5 Å². The second kappa shape index (κ2) is 7.38. The zero-order valence-corrected chi connectivity index (χ0v) is 18.2. The molecule has 0 bridgehead atoms. The molecular weight excluding hydrogens is 344 g/mol. The monoisotopic (exact) mass is 376 g/mol. The number of carbonyl (C=O) groups is 1. The van der Waals surface area contributed by atoms with E-state index in [0.717, 1.165) is 5.51 Å². The molecule has 2 aromatic heterocycles. The van der Waals surface area contributed by atoms with Gasteiger partial charge in [0.1, 0.15) is 16.9 Å². The van der Waals surface area contributed by atoms with Crippen LogP contribution in [0, 0.1) is 0 Å². The van der Waals surface area contributed by atoms with Crippen molar-refractivity contribution in [2.45, 2.75) is 78.1 Å². The van der Waals surface area contributed by atoms with E-state index in [1.165, 1.54) is 0 Å². The average molecular weight is 377 g/mol. The van der Waals surface area contributed by atoms with Crippen molar-refractivity contribution in [3.63, 3.8) is 0 Å². The number of fused-ring (bicyclic) bond motifs is 1. The van der Waals surface area contributed by atoms with Crippen molar-refractivity contribution in [2.24, 2.45) is 0 Å². The van der Waals surface area contributed by atoms with Crippen LogP contribution in [0.25, 0.3) is 11.1 Å². The predicted octanol–water partition coefficient (Wildman–Crippen LogP) is 3.83.